The molecule has 146 valence electrons. The van der Waals surface area contributed by atoms with Crippen LogP contribution in [0.4, 0.5) is 4.79 Å². The number of rotatable bonds is 11. The van der Waals surface area contributed by atoms with E-state index in [1.807, 2.05) is 30.3 Å². The summed E-state index contributed by atoms with van der Waals surface area (Å²) in [5.41, 5.74) is 0.948. The van der Waals surface area contributed by atoms with E-state index in [0.717, 1.165) is 5.56 Å². The van der Waals surface area contributed by atoms with Gasteiger partial charge in [0.25, 0.3) is 0 Å². The molecule has 1 aromatic carbocycles. The monoisotopic (exact) mass is 375 g/mol. The van der Waals surface area contributed by atoms with Crippen molar-refractivity contribution in [1.29, 1.82) is 0 Å². The van der Waals surface area contributed by atoms with Crippen molar-refractivity contribution in [3.05, 3.63) is 53.5 Å². The number of urea groups is 1. The normalized spacial score (nSPS) is 11.0. The number of nitrogens with zero attached hydrogens (tertiary/aromatic N) is 2. The molecule has 0 bridgehead atoms. The maximum atomic E-state index is 12.3. The van der Waals surface area contributed by atoms with E-state index < -0.39 is 12.1 Å². The average Bonchev–Trinajstić information content (AvgIpc) is 2.66. The highest BCUT2D eigenvalue weighted by Gasteiger charge is 2.19. The first-order chi connectivity index (χ1) is 13.0. The summed E-state index contributed by atoms with van der Waals surface area (Å²) in [6.45, 7) is 5.35. The summed E-state index contributed by atoms with van der Waals surface area (Å²) in [5.74, 6) is -0.621. The third-order valence-electron chi connectivity index (χ3n) is 3.58. The fraction of sp³-hybridized carbons (Fsp3) is 0.389. The van der Waals surface area contributed by atoms with E-state index in [0.29, 0.717) is 24.4 Å². The Balaban J connectivity index is 2.45. The van der Waals surface area contributed by atoms with Gasteiger partial charge in [-0.15, -0.1) is 11.5 Å². The van der Waals surface area contributed by atoms with Crippen LogP contribution < -0.4 is 16.0 Å². The summed E-state index contributed by atoms with van der Waals surface area (Å²) in [7, 11) is 0. The van der Waals surface area contributed by atoms with Crippen molar-refractivity contribution in [2.24, 2.45) is 5.29 Å². The average molecular weight is 375 g/mol. The highest BCUT2D eigenvalue weighted by molar-refractivity contribution is 5.86. The Hall–Kier alpha value is -3.23. The summed E-state index contributed by atoms with van der Waals surface area (Å²) in [4.78, 5) is 45.9. The molecule has 9 nitrogen and oxygen atoms in total. The van der Waals surface area contributed by atoms with Crippen LogP contribution in [0, 0.1) is 4.91 Å². The number of amides is 4. The van der Waals surface area contributed by atoms with Crippen LogP contribution in [-0.2, 0) is 16.1 Å². The molecule has 4 amide bonds. The fourth-order valence-corrected chi connectivity index (χ4v) is 2.29. The second-order valence-corrected chi connectivity index (χ2v) is 5.78. The Labute approximate surface area is 158 Å². The number of carbonyl (C=O) groups is 3. The van der Waals surface area contributed by atoms with Crippen LogP contribution in [0.1, 0.15) is 25.3 Å². The summed E-state index contributed by atoms with van der Waals surface area (Å²) in [5, 5.41) is 11.2. The number of nitroso groups, excluding NO2 is 1. The van der Waals surface area contributed by atoms with Gasteiger partial charge in [0.1, 0.15) is 6.04 Å². The van der Waals surface area contributed by atoms with Gasteiger partial charge in [-0.3, -0.25) is 9.59 Å². The standard InChI is InChI=1S/C18H25N5O4/c1-3-12-23(22-27)18(26)19-11-7-10-16(21-14(2)24)17(25)20-13-15-8-5-4-6-9-15/h3-6,8-9,16H,1,7,10-13H2,2H3,(H,19,26)(H,20,25)(H,21,24)/t16-/m0/s1. The second-order valence-electron chi connectivity index (χ2n) is 5.78. The minimum absolute atomic E-state index is 0.00570. The molecule has 0 aromatic heterocycles. The van der Waals surface area contributed by atoms with Crippen molar-refractivity contribution >= 4 is 17.8 Å². The summed E-state index contributed by atoms with van der Waals surface area (Å²) >= 11 is 0. The van der Waals surface area contributed by atoms with Crippen LogP contribution >= 0.6 is 0 Å². The van der Waals surface area contributed by atoms with Gasteiger partial charge in [0, 0.05) is 20.0 Å². The molecular weight excluding hydrogens is 350 g/mol. The van der Waals surface area contributed by atoms with E-state index in [4.69, 9.17) is 0 Å². The van der Waals surface area contributed by atoms with E-state index in [-0.39, 0.29) is 24.9 Å². The van der Waals surface area contributed by atoms with E-state index in [1.54, 1.807) is 0 Å². The van der Waals surface area contributed by atoms with Gasteiger partial charge in [0.05, 0.1) is 11.8 Å². The van der Waals surface area contributed by atoms with Crippen LogP contribution in [0.15, 0.2) is 48.3 Å². The predicted molar refractivity (Wildman–Crippen MR) is 101 cm³/mol. The van der Waals surface area contributed by atoms with Crippen LogP contribution in [-0.4, -0.2) is 42.0 Å². The molecule has 3 N–H and O–H groups in total. The molecule has 0 saturated heterocycles. The molecule has 0 radical (unpaired) electrons. The zero-order valence-corrected chi connectivity index (χ0v) is 15.3. The third-order valence-corrected chi connectivity index (χ3v) is 3.58. The van der Waals surface area contributed by atoms with Crippen LogP contribution in [0.2, 0.25) is 0 Å². The highest BCUT2D eigenvalue weighted by atomic mass is 16.3. The van der Waals surface area contributed by atoms with Crippen molar-refractivity contribution in [1.82, 2.24) is 21.0 Å². The van der Waals surface area contributed by atoms with Gasteiger partial charge in [0.15, 0.2) is 0 Å². The number of carbonyl (C=O) groups excluding carboxylic acids is 3. The minimum atomic E-state index is -0.711. The second kappa shape index (κ2) is 12.2. The molecule has 27 heavy (non-hydrogen) atoms. The summed E-state index contributed by atoms with van der Waals surface area (Å²) < 4.78 is 0. The Morgan fingerprint density at radius 3 is 2.52 bits per heavy atom. The van der Waals surface area contributed by atoms with Crippen molar-refractivity contribution in [3.8, 4) is 0 Å². The lowest BCUT2D eigenvalue weighted by molar-refractivity contribution is -0.128. The highest BCUT2D eigenvalue weighted by Crippen LogP contribution is 2.01. The van der Waals surface area contributed by atoms with Gasteiger partial charge < -0.3 is 16.0 Å². The summed E-state index contributed by atoms with van der Waals surface area (Å²) in [6, 6.07) is 8.05. The molecule has 0 fully saturated rings. The van der Waals surface area contributed by atoms with Crippen molar-refractivity contribution in [2.45, 2.75) is 32.4 Å². The zero-order chi connectivity index (χ0) is 20.1. The Bertz CT molecular complexity index is 650. The lowest BCUT2D eigenvalue weighted by Gasteiger charge is -2.18. The number of nitrogens with one attached hydrogen (secondary N) is 3. The first-order valence-corrected chi connectivity index (χ1v) is 8.56. The smallest absolute Gasteiger partial charge is 0.340 e. The molecule has 1 atom stereocenters. The molecule has 0 spiro atoms. The zero-order valence-electron chi connectivity index (χ0n) is 15.3. The Kier molecular flexibility index (Phi) is 9.84. The van der Waals surface area contributed by atoms with Crippen molar-refractivity contribution in [2.75, 3.05) is 13.1 Å². The quantitative estimate of drug-likeness (QED) is 0.235. The molecule has 1 aromatic rings. The maximum Gasteiger partial charge on any atom is 0.340 e. The predicted octanol–water partition coefficient (Wildman–Crippen LogP) is 1.47. The molecular formula is C18H25N5O4. The lowest BCUT2D eigenvalue weighted by atomic mass is 10.1. The van der Waals surface area contributed by atoms with E-state index in [2.05, 4.69) is 27.8 Å². The lowest BCUT2D eigenvalue weighted by Crippen LogP contribution is -2.46. The first kappa shape index (κ1) is 21.8. The van der Waals surface area contributed by atoms with E-state index in [9.17, 15) is 19.3 Å². The molecule has 0 heterocycles. The molecule has 0 saturated carbocycles. The molecule has 0 aliphatic carbocycles. The van der Waals surface area contributed by atoms with Crippen LogP contribution in [0.5, 0.6) is 0 Å². The summed E-state index contributed by atoms with van der Waals surface area (Å²) in [6.07, 6.45) is 2.14. The molecule has 0 unspecified atom stereocenters. The largest absolute Gasteiger partial charge is 0.350 e. The molecule has 9 heteroatoms. The van der Waals surface area contributed by atoms with Crippen LogP contribution in [0.25, 0.3) is 0 Å². The maximum absolute atomic E-state index is 12.3. The first-order valence-electron chi connectivity index (χ1n) is 8.56. The van der Waals surface area contributed by atoms with Gasteiger partial charge in [-0.25, -0.2) is 4.79 Å². The third kappa shape index (κ3) is 8.61. The van der Waals surface area contributed by atoms with Gasteiger partial charge in [-0.1, -0.05) is 36.4 Å². The fourth-order valence-electron chi connectivity index (χ4n) is 2.29. The van der Waals surface area contributed by atoms with Crippen molar-refractivity contribution < 1.29 is 14.4 Å². The van der Waals surface area contributed by atoms with Gasteiger partial charge in [0.2, 0.25) is 11.8 Å². The van der Waals surface area contributed by atoms with Gasteiger partial charge in [-0.2, -0.15) is 5.01 Å². The van der Waals surface area contributed by atoms with Crippen LogP contribution in [0.3, 0.4) is 0 Å². The molecule has 1 rings (SSSR count). The van der Waals surface area contributed by atoms with Gasteiger partial charge in [-0.05, 0) is 18.4 Å². The topological polar surface area (TPSA) is 120 Å². The Morgan fingerprint density at radius 2 is 1.93 bits per heavy atom. The number of benzene rings is 1. The molecule has 0 aliphatic rings. The van der Waals surface area contributed by atoms with E-state index >= 15 is 0 Å². The SMILES string of the molecule is C=CCN(N=O)C(=O)NCCC[C@H](NC(C)=O)C(=O)NCc1ccccc1. The number of hydrogen-bond acceptors (Lipinski definition) is 5. The van der Waals surface area contributed by atoms with Crippen molar-refractivity contribution in [3.63, 3.8) is 0 Å². The van der Waals surface area contributed by atoms with E-state index in [1.165, 1.54) is 13.0 Å². The minimum Gasteiger partial charge on any atom is -0.350 e. The number of hydrogen-bond donors (Lipinski definition) is 3. The Morgan fingerprint density at radius 1 is 1.22 bits per heavy atom. The molecule has 0 aliphatic heterocycles. The van der Waals surface area contributed by atoms with Gasteiger partial charge >= 0.3 is 6.03 Å².